The van der Waals surface area contributed by atoms with E-state index in [1.54, 1.807) is 26.0 Å². The maximum atomic E-state index is 16.3. The predicted molar refractivity (Wildman–Crippen MR) is 127 cm³/mol. The second-order valence-corrected chi connectivity index (χ2v) is 10.1. The topological polar surface area (TPSA) is 58.6 Å². The van der Waals surface area contributed by atoms with E-state index in [4.69, 9.17) is 4.74 Å². The van der Waals surface area contributed by atoms with E-state index in [-0.39, 0.29) is 42.7 Å². The van der Waals surface area contributed by atoms with E-state index in [2.05, 4.69) is 5.32 Å². The third kappa shape index (κ3) is 5.06. The van der Waals surface area contributed by atoms with E-state index in [1.165, 1.54) is 7.11 Å². The molecule has 1 saturated carbocycles. The average molecular weight is 455 g/mol. The minimum atomic E-state index is -1.59. The lowest BCUT2D eigenvalue weighted by atomic mass is 9.81. The van der Waals surface area contributed by atoms with Crippen LogP contribution in [0.5, 0.6) is 0 Å². The van der Waals surface area contributed by atoms with Gasteiger partial charge in [0.1, 0.15) is 11.3 Å². The molecule has 178 valence electrons. The van der Waals surface area contributed by atoms with Gasteiger partial charge < -0.3 is 15.0 Å². The Balaban J connectivity index is 1.54. The van der Waals surface area contributed by atoms with Gasteiger partial charge in [0.25, 0.3) is 5.91 Å². The zero-order chi connectivity index (χ0) is 23.6. The van der Waals surface area contributed by atoms with Crippen LogP contribution < -0.4 is 5.32 Å². The molecule has 0 spiro atoms. The number of carbonyl (C=O) groups excluding carboxylic acids is 2. The number of rotatable bonds is 7. The molecule has 3 aliphatic rings. The first-order valence-electron chi connectivity index (χ1n) is 12.0. The van der Waals surface area contributed by atoms with Gasteiger partial charge >= 0.3 is 0 Å². The molecule has 1 aliphatic heterocycles. The minimum Gasteiger partial charge on any atom is -0.369 e. The molecule has 0 bridgehead atoms. The van der Waals surface area contributed by atoms with Gasteiger partial charge in [-0.1, -0.05) is 48.9 Å². The van der Waals surface area contributed by atoms with Crippen LogP contribution >= 0.6 is 0 Å². The van der Waals surface area contributed by atoms with E-state index in [9.17, 15) is 9.59 Å². The lowest BCUT2D eigenvalue weighted by molar-refractivity contribution is -0.143. The highest BCUT2D eigenvalue weighted by Crippen LogP contribution is 2.40. The third-order valence-corrected chi connectivity index (χ3v) is 7.53. The molecular weight excluding hydrogens is 419 g/mol. The molecule has 1 aromatic rings. The maximum Gasteiger partial charge on any atom is 0.251 e. The number of carbonyl (C=O) groups is 2. The van der Waals surface area contributed by atoms with Gasteiger partial charge in [-0.25, -0.2) is 4.39 Å². The Bertz CT molecular complexity index is 938. The fourth-order valence-corrected chi connectivity index (χ4v) is 4.98. The van der Waals surface area contributed by atoms with Gasteiger partial charge in [0, 0.05) is 32.4 Å². The molecule has 33 heavy (non-hydrogen) atoms. The number of methoxy groups -OCH3 is 1. The number of benzene rings is 1. The first-order valence-corrected chi connectivity index (χ1v) is 12.0. The molecule has 2 fully saturated rings. The number of alkyl halides is 1. The SMILES string of the molecule is COC(C)(C)C(=O)N[C@@H]1CCN(C(=O)C2CCC2)[C@@H]1CC1(F)C=CC=C(c2ccccc2)C1. The van der Waals surface area contributed by atoms with E-state index in [1.807, 2.05) is 41.3 Å². The molecule has 0 radical (unpaired) electrons. The van der Waals surface area contributed by atoms with Crippen LogP contribution in [-0.4, -0.2) is 53.7 Å². The first kappa shape index (κ1) is 23.7. The van der Waals surface area contributed by atoms with Crippen molar-refractivity contribution in [3.63, 3.8) is 0 Å². The molecule has 1 saturated heterocycles. The molecule has 6 heteroatoms. The van der Waals surface area contributed by atoms with Gasteiger partial charge in [-0.3, -0.25) is 9.59 Å². The summed E-state index contributed by atoms with van der Waals surface area (Å²) < 4.78 is 21.6. The Morgan fingerprint density at radius 2 is 1.94 bits per heavy atom. The minimum absolute atomic E-state index is 0.0367. The molecule has 1 N–H and O–H groups in total. The summed E-state index contributed by atoms with van der Waals surface area (Å²) in [5, 5.41) is 3.07. The summed E-state index contributed by atoms with van der Waals surface area (Å²) in [6.45, 7) is 3.96. The number of hydrogen-bond acceptors (Lipinski definition) is 3. The molecule has 5 nitrogen and oxygen atoms in total. The zero-order valence-electron chi connectivity index (χ0n) is 19.9. The fraction of sp³-hybridized carbons (Fsp3) is 0.556. The van der Waals surface area contributed by atoms with Crippen LogP contribution in [0.4, 0.5) is 4.39 Å². The quantitative estimate of drug-likeness (QED) is 0.663. The smallest absolute Gasteiger partial charge is 0.251 e. The van der Waals surface area contributed by atoms with Crippen LogP contribution in [0, 0.1) is 5.92 Å². The Labute approximate surface area is 196 Å². The van der Waals surface area contributed by atoms with Crippen LogP contribution in [0.15, 0.2) is 48.6 Å². The summed E-state index contributed by atoms with van der Waals surface area (Å²) >= 11 is 0. The molecule has 1 aromatic carbocycles. The highest BCUT2D eigenvalue weighted by molar-refractivity contribution is 5.85. The van der Waals surface area contributed by atoms with Crippen LogP contribution in [-0.2, 0) is 14.3 Å². The van der Waals surface area contributed by atoms with Crippen molar-refractivity contribution < 1.29 is 18.7 Å². The Hall–Kier alpha value is -2.47. The standard InChI is InChI=1S/C27H35FN2O3/c1-26(2,33-3)25(32)29-22-14-16-30(24(31)20-11-7-12-20)23(22)18-27(28)15-8-13-21(17-27)19-9-5-4-6-10-19/h4-6,8-10,13,15,20,22-23H,7,11-12,14,16-18H2,1-3H3,(H,29,32)/t22-,23-,27?/m1/s1. The lowest BCUT2D eigenvalue weighted by Gasteiger charge is -2.38. The van der Waals surface area contributed by atoms with Crippen molar-refractivity contribution in [2.24, 2.45) is 5.92 Å². The van der Waals surface area contributed by atoms with Crippen LogP contribution in [0.3, 0.4) is 0 Å². The molecular formula is C27H35FN2O3. The highest BCUT2D eigenvalue weighted by Gasteiger charge is 2.46. The number of allylic oxidation sites excluding steroid dienone is 4. The van der Waals surface area contributed by atoms with Gasteiger partial charge in [0.2, 0.25) is 5.91 Å². The normalized spacial score (nSPS) is 27.8. The molecule has 2 aliphatic carbocycles. The van der Waals surface area contributed by atoms with Gasteiger partial charge in [-0.05, 0) is 50.3 Å². The molecule has 1 unspecified atom stereocenters. The van der Waals surface area contributed by atoms with Gasteiger partial charge in [-0.2, -0.15) is 0 Å². The first-order chi connectivity index (χ1) is 15.7. The van der Waals surface area contributed by atoms with Crippen molar-refractivity contribution in [2.75, 3.05) is 13.7 Å². The molecule has 3 atom stereocenters. The number of ether oxygens (including phenoxy) is 1. The van der Waals surface area contributed by atoms with Crippen molar-refractivity contribution in [2.45, 2.75) is 75.7 Å². The Morgan fingerprint density at radius 3 is 2.58 bits per heavy atom. The average Bonchev–Trinajstić information content (AvgIpc) is 3.14. The highest BCUT2D eigenvalue weighted by atomic mass is 19.1. The largest absolute Gasteiger partial charge is 0.369 e. The second-order valence-electron chi connectivity index (χ2n) is 10.1. The Kier molecular flexibility index (Phi) is 6.76. The van der Waals surface area contributed by atoms with Gasteiger partial charge in [0.15, 0.2) is 0 Å². The number of nitrogens with zero attached hydrogens (tertiary/aromatic N) is 1. The van der Waals surface area contributed by atoms with Crippen molar-refractivity contribution >= 4 is 17.4 Å². The third-order valence-electron chi connectivity index (χ3n) is 7.53. The summed E-state index contributed by atoms with van der Waals surface area (Å²) in [5.74, 6) is -0.0966. The number of likely N-dealkylation sites (tertiary alicyclic amines) is 1. The summed E-state index contributed by atoms with van der Waals surface area (Å²) in [6, 6.07) is 9.14. The molecule has 4 rings (SSSR count). The summed E-state index contributed by atoms with van der Waals surface area (Å²) in [5.41, 5.74) is -0.634. The van der Waals surface area contributed by atoms with E-state index < -0.39 is 11.3 Å². The summed E-state index contributed by atoms with van der Waals surface area (Å²) in [6.07, 6.45) is 9.24. The monoisotopic (exact) mass is 454 g/mol. The van der Waals surface area contributed by atoms with Crippen molar-refractivity contribution in [3.05, 3.63) is 54.1 Å². The summed E-state index contributed by atoms with van der Waals surface area (Å²) in [4.78, 5) is 27.9. The maximum absolute atomic E-state index is 16.3. The molecule has 2 amide bonds. The molecule has 0 aromatic heterocycles. The van der Waals surface area contributed by atoms with Crippen LogP contribution in [0.25, 0.3) is 5.57 Å². The van der Waals surface area contributed by atoms with Crippen LogP contribution in [0.1, 0.15) is 57.9 Å². The van der Waals surface area contributed by atoms with Crippen molar-refractivity contribution in [1.29, 1.82) is 0 Å². The predicted octanol–water partition coefficient (Wildman–Crippen LogP) is 4.44. The van der Waals surface area contributed by atoms with Gasteiger partial charge in [-0.15, -0.1) is 0 Å². The summed E-state index contributed by atoms with van der Waals surface area (Å²) in [7, 11) is 1.50. The fourth-order valence-electron chi connectivity index (χ4n) is 4.98. The number of amides is 2. The lowest BCUT2D eigenvalue weighted by Crippen LogP contribution is -2.54. The van der Waals surface area contributed by atoms with Crippen molar-refractivity contribution in [3.8, 4) is 0 Å². The van der Waals surface area contributed by atoms with Crippen molar-refractivity contribution in [1.82, 2.24) is 10.2 Å². The van der Waals surface area contributed by atoms with E-state index >= 15 is 4.39 Å². The number of halogens is 1. The number of nitrogens with one attached hydrogen (secondary N) is 1. The van der Waals surface area contributed by atoms with E-state index in [0.29, 0.717) is 13.0 Å². The molecule has 1 heterocycles. The van der Waals surface area contributed by atoms with E-state index in [0.717, 1.165) is 30.4 Å². The zero-order valence-corrected chi connectivity index (χ0v) is 19.9. The Morgan fingerprint density at radius 1 is 1.21 bits per heavy atom. The van der Waals surface area contributed by atoms with Crippen LogP contribution in [0.2, 0.25) is 0 Å². The second kappa shape index (κ2) is 9.41. The number of hydrogen-bond donors (Lipinski definition) is 1. The van der Waals surface area contributed by atoms with Gasteiger partial charge in [0.05, 0.1) is 12.1 Å².